The number of thiophene rings is 1. The molecule has 20 heavy (non-hydrogen) atoms. The predicted molar refractivity (Wildman–Crippen MR) is 68.9 cm³/mol. The van der Waals surface area contributed by atoms with Crippen molar-refractivity contribution in [3.05, 3.63) is 45.3 Å². The third-order valence-electron chi connectivity index (χ3n) is 2.79. The summed E-state index contributed by atoms with van der Waals surface area (Å²) in [6.07, 6.45) is -4.63. The Morgan fingerprint density at radius 2 is 2.15 bits per heavy atom. The number of aryl methyl sites for hydroxylation is 1. The Morgan fingerprint density at radius 3 is 2.75 bits per heavy atom. The Hall–Kier alpha value is -2.09. The molecule has 8 heteroatoms. The number of nitrogens with zero attached hydrogens (tertiary/aromatic N) is 2. The number of nitrogens with one attached hydrogen (secondary N) is 1. The summed E-state index contributed by atoms with van der Waals surface area (Å²) in [6.45, 7) is 1.61. The highest BCUT2D eigenvalue weighted by Crippen LogP contribution is 2.39. The number of rotatable bonds is 1. The lowest BCUT2D eigenvalue weighted by Crippen LogP contribution is -2.15. The van der Waals surface area contributed by atoms with Crippen molar-refractivity contribution in [3.8, 4) is 10.4 Å². The van der Waals surface area contributed by atoms with Gasteiger partial charge in [-0.05, 0) is 18.4 Å². The number of halogens is 3. The van der Waals surface area contributed by atoms with Gasteiger partial charge < -0.3 is 4.98 Å². The van der Waals surface area contributed by atoms with Crippen LogP contribution in [0.3, 0.4) is 0 Å². The maximum absolute atomic E-state index is 13.1. The fraction of sp³-hybridized carbons (Fsp3) is 0.167. The van der Waals surface area contributed by atoms with Gasteiger partial charge in [0, 0.05) is 16.6 Å². The average molecular weight is 299 g/mol. The van der Waals surface area contributed by atoms with Crippen LogP contribution in [0.15, 0.2) is 28.4 Å². The van der Waals surface area contributed by atoms with Gasteiger partial charge in [-0.15, -0.1) is 11.3 Å². The van der Waals surface area contributed by atoms with E-state index in [2.05, 4.69) is 10.1 Å². The van der Waals surface area contributed by atoms with Gasteiger partial charge in [0.15, 0.2) is 5.69 Å². The fourth-order valence-corrected chi connectivity index (χ4v) is 2.79. The van der Waals surface area contributed by atoms with Crippen LogP contribution in [-0.4, -0.2) is 14.6 Å². The van der Waals surface area contributed by atoms with Crippen molar-refractivity contribution < 1.29 is 13.2 Å². The summed E-state index contributed by atoms with van der Waals surface area (Å²) in [5.74, 6) is 0. The lowest BCUT2D eigenvalue weighted by molar-refractivity contribution is -0.140. The Labute approximate surface area is 114 Å². The van der Waals surface area contributed by atoms with Crippen LogP contribution in [-0.2, 0) is 6.18 Å². The molecule has 0 aliphatic heterocycles. The van der Waals surface area contributed by atoms with E-state index >= 15 is 0 Å². The highest BCUT2D eigenvalue weighted by molar-refractivity contribution is 7.13. The summed E-state index contributed by atoms with van der Waals surface area (Å²) in [5, 5.41) is 5.11. The molecule has 0 saturated heterocycles. The van der Waals surface area contributed by atoms with Crippen LogP contribution in [0, 0.1) is 6.92 Å². The molecule has 0 aliphatic rings. The Kier molecular flexibility index (Phi) is 2.72. The molecule has 0 unspecified atom stereocenters. The minimum Gasteiger partial charge on any atom is -0.343 e. The average Bonchev–Trinajstić information content (AvgIpc) is 2.92. The minimum atomic E-state index is -4.63. The molecule has 3 aromatic rings. The van der Waals surface area contributed by atoms with Crippen molar-refractivity contribution in [3.63, 3.8) is 0 Å². The second-order valence-electron chi connectivity index (χ2n) is 4.25. The molecule has 0 aliphatic carbocycles. The first-order chi connectivity index (χ1) is 9.38. The molecule has 3 aromatic heterocycles. The van der Waals surface area contributed by atoms with E-state index in [-0.39, 0.29) is 11.2 Å². The smallest absolute Gasteiger partial charge is 0.343 e. The molecule has 104 valence electrons. The van der Waals surface area contributed by atoms with Crippen LogP contribution < -0.4 is 5.56 Å². The predicted octanol–water partition coefficient (Wildman–Crippen LogP) is 3.08. The zero-order valence-electron chi connectivity index (χ0n) is 10.2. The molecule has 4 nitrogen and oxygen atoms in total. The van der Waals surface area contributed by atoms with E-state index in [4.69, 9.17) is 0 Å². The normalized spacial score (nSPS) is 12.2. The molecule has 0 atom stereocenters. The van der Waals surface area contributed by atoms with Gasteiger partial charge in [0.2, 0.25) is 0 Å². The number of alkyl halides is 3. The zero-order chi connectivity index (χ0) is 14.5. The minimum absolute atomic E-state index is 0.0600. The maximum atomic E-state index is 13.1. The quantitative estimate of drug-likeness (QED) is 0.750. The van der Waals surface area contributed by atoms with E-state index in [9.17, 15) is 18.0 Å². The maximum Gasteiger partial charge on any atom is 0.435 e. The largest absolute Gasteiger partial charge is 0.435 e. The summed E-state index contributed by atoms with van der Waals surface area (Å²) in [7, 11) is 0. The molecule has 1 N–H and O–H groups in total. The molecule has 0 saturated carbocycles. The zero-order valence-corrected chi connectivity index (χ0v) is 11.0. The van der Waals surface area contributed by atoms with Crippen molar-refractivity contribution in [1.82, 2.24) is 14.6 Å². The first-order valence-corrected chi connectivity index (χ1v) is 6.49. The SMILES string of the molecule is Cc1cc(=O)n2nc(C(F)(F)F)c(-c3cccs3)c2[nH]1. The lowest BCUT2D eigenvalue weighted by atomic mass is 10.2. The molecule has 0 fully saturated rings. The third-order valence-corrected chi connectivity index (χ3v) is 3.67. The molecular weight excluding hydrogens is 291 g/mol. The summed E-state index contributed by atoms with van der Waals surface area (Å²) < 4.78 is 40.1. The van der Waals surface area contributed by atoms with Crippen molar-refractivity contribution in [1.29, 1.82) is 0 Å². The third kappa shape index (κ3) is 1.92. The van der Waals surface area contributed by atoms with Gasteiger partial charge in [0.25, 0.3) is 5.56 Å². The Morgan fingerprint density at radius 1 is 1.40 bits per heavy atom. The van der Waals surface area contributed by atoms with Gasteiger partial charge in [-0.1, -0.05) is 6.07 Å². The highest BCUT2D eigenvalue weighted by atomic mass is 32.1. The summed E-state index contributed by atoms with van der Waals surface area (Å²) in [4.78, 5) is 15.0. The molecule has 0 bridgehead atoms. The lowest BCUT2D eigenvalue weighted by Gasteiger charge is -2.04. The standard InChI is InChI=1S/C12H8F3N3OS/c1-6-5-8(19)18-11(16-6)9(7-3-2-4-20-7)10(17-18)12(13,14)15/h2-5,16H,1H3. The van der Waals surface area contributed by atoms with Crippen LogP contribution in [0.5, 0.6) is 0 Å². The number of aromatic nitrogens is 3. The van der Waals surface area contributed by atoms with Gasteiger partial charge in [0.1, 0.15) is 5.65 Å². The monoisotopic (exact) mass is 299 g/mol. The molecule has 0 radical (unpaired) electrons. The first-order valence-electron chi connectivity index (χ1n) is 5.61. The van der Waals surface area contributed by atoms with Crippen LogP contribution in [0.25, 0.3) is 16.1 Å². The van der Waals surface area contributed by atoms with E-state index in [1.807, 2.05) is 0 Å². The molecule has 3 heterocycles. The summed E-state index contributed by atoms with van der Waals surface area (Å²) >= 11 is 1.16. The van der Waals surface area contributed by atoms with Crippen LogP contribution in [0.2, 0.25) is 0 Å². The van der Waals surface area contributed by atoms with Crippen LogP contribution in [0.4, 0.5) is 13.2 Å². The molecule has 0 amide bonds. The van der Waals surface area contributed by atoms with Gasteiger partial charge >= 0.3 is 6.18 Å². The van der Waals surface area contributed by atoms with E-state index < -0.39 is 17.4 Å². The van der Waals surface area contributed by atoms with Crippen molar-refractivity contribution >= 4 is 17.0 Å². The molecule has 0 aromatic carbocycles. The fourth-order valence-electron chi connectivity index (χ4n) is 2.01. The molecule has 0 spiro atoms. The number of H-pyrrole nitrogens is 1. The van der Waals surface area contributed by atoms with Gasteiger partial charge in [-0.2, -0.15) is 22.8 Å². The van der Waals surface area contributed by atoms with E-state index in [1.165, 1.54) is 6.07 Å². The number of hydrogen-bond donors (Lipinski definition) is 1. The topological polar surface area (TPSA) is 50.2 Å². The Balaban J connectivity index is 2.48. The number of fused-ring (bicyclic) bond motifs is 1. The van der Waals surface area contributed by atoms with E-state index in [0.717, 1.165) is 15.9 Å². The van der Waals surface area contributed by atoms with Gasteiger partial charge in [-0.25, -0.2) is 0 Å². The molecule has 3 rings (SSSR count). The number of aromatic amines is 1. The number of hydrogen-bond acceptors (Lipinski definition) is 3. The van der Waals surface area contributed by atoms with E-state index in [1.54, 1.807) is 24.4 Å². The van der Waals surface area contributed by atoms with Crippen LogP contribution in [0.1, 0.15) is 11.4 Å². The van der Waals surface area contributed by atoms with Crippen molar-refractivity contribution in [2.45, 2.75) is 13.1 Å². The Bertz CT molecular complexity index is 830. The summed E-state index contributed by atoms with van der Waals surface area (Å²) in [6, 6.07) is 4.42. The first kappa shape index (κ1) is 12.9. The summed E-state index contributed by atoms with van der Waals surface area (Å²) in [5.41, 5.74) is -1.20. The van der Waals surface area contributed by atoms with E-state index in [0.29, 0.717) is 10.6 Å². The second kappa shape index (κ2) is 4.20. The van der Waals surface area contributed by atoms with Gasteiger partial charge in [0.05, 0.1) is 5.56 Å². The van der Waals surface area contributed by atoms with Gasteiger partial charge in [-0.3, -0.25) is 4.79 Å². The molecular formula is C12H8F3N3OS. The highest BCUT2D eigenvalue weighted by Gasteiger charge is 2.39. The van der Waals surface area contributed by atoms with Crippen LogP contribution >= 0.6 is 11.3 Å². The van der Waals surface area contributed by atoms with Crippen molar-refractivity contribution in [2.24, 2.45) is 0 Å². The second-order valence-corrected chi connectivity index (χ2v) is 5.20. The van der Waals surface area contributed by atoms with Crippen molar-refractivity contribution in [2.75, 3.05) is 0 Å².